The number of anilines is 1. The van der Waals surface area contributed by atoms with E-state index in [1.807, 2.05) is 25.1 Å². The third-order valence-electron chi connectivity index (χ3n) is 1.89. The lowest BCUT2D eigenvalue weighted by Crippen LogP contribution is -2.14. The predicted octanol–water partition coefficient (Wildman–Crippen LogP) is 2.91. The Kier molecular flexibility index (Phi) is 4.23. The van der Waals surface area contributed by atoms with Gasteiger partial charge in [0.1, 0.15) is 5.88 Å². The molecule has 0 aromatic heterocycles. The average molecular weight is 232 g/mol. The van der Waals surface area contributed by atoms with Crippen LogP contribution in [-0.4, -0.2) is 11.8 Å². The molecule has 0 aliphatic rings. The van der Waals surface area contributed by atoms with Crippen LogP contribution >= 0.6 is 23.2 Å². The molecule has 14 heavy (non-hydrogen) atoms. The van der Waals surface area contributed by atoms with Crippen LogP contribution in [0.4, 0.5) is 5.69 Å². The van der Waals surface area contributed by atoms with Crippen molar-refractivity contribution in [1.29, 1.82) is 0 Å². The topological polar surface area (TPSA) is 29.1 Å². The van der Waals surface area contributed by atoms with Crippen LogP contribution in [0.2, 0.25) is 0 Å². The molecule has 0 spiro atoms. The van der Waals surface area contributed by atoms with E-state index in [9.17, 15) is 4.79 Å². The van der Waals surface area contributed by atoms with E-state index in [-0.39, 0.29) is 11.8 Å². The lowest BCUT2D eigenvalue weighted by Gasteiger charge is -2.11. The Morgan fingerprint density at radius 1 is 1.43 bits per heavy atom. The number of rotatable bonds is 3. The van der Waals surface area contributed by atoms with E-state index in [1.54, 1.807) is 0 Å². The highest BCUT2D eigenvalue weighted by atomic mass is 35.5. The molecule has 0 aliphatic heterocycles. The summed E-state index contributed by atoms with van der Waals surface area (Å²) in [6.07, 6.45) is 0. The highest BCUT2D eigenvalue weighted by Gasteiger charge is 2.07. The Morgan fingerprint density at radius 3 is 2.71 bits per heavy atom. The Hall–Kier alpha value is -0.730. The molecule has 1 aromatic rings. The third-order valence-corrected chi connectivity index (χ3v) is 2.42. The molecule has 1 rings (SSSR count). The molecule has 0 atom stereocenters. The van der Waals surface area contributed by atoms with Crippen molar-refractivity contribution < 1.29 is 4.79 Å². The summed E-state index contributed by atoms with van der Waals surface area (Å²) in [6, 6.07) is 5.70. The van der Waals surface area contributed by atoms with Gasteiger partial charge in [-0.05, 0) is 18.1 Å². The molecule has 4 heteroatoms. The number of para-hydroxylation sites is 1. The molecule has 0 unspecified atom stereocenters. The van der Waals surface area contributed by atoms with Gasteiger partial charge in [-0.25, -0.2) is 0 Å². The Morgan fingerprint density at radius 2 is 2.14 bits per heavy atom. The van der Waals surface area contributed by atoms with Crippen molar-refractivity contribution in [3.05, 3.63) is 29.3 Å². The number of amides is 1. The first-order chi connectivity index (χ1) is 6.69. The molecular weight excluding hydrogens is 221 g/mol. The summed E-state index contributed by atoms with van der Waals surface area (Å²) < 4.78 is 0. The quantitative estimate of drug-likeness (QED) is 0.797. The average Bonchev–Trinajstić information content (AvgIpc) is 2.20. The van der Waals surface area contributed by atoms with Gasteiger partial charge in [0.25, 0.3) is 0 Å². The van der Waals surface area contributed by atoms with Gasteiger partial charge in [-0.3, -0.25) is 4.79 Å². The third kappa shape index (κ3) is 2.63. The zero-order valence-corrected chi connectivity index (χ0v) is 9.32. The monoisotopic (exact) mass is 231 g/mol. The predicted molar refractivity (Wildman–Crippen MR) is 60.1 cm³/mol. The fourth-order valence-electron chi connectivity index (χ4n) is 1.19. The van der Waals surface area contributed by atoms with E-state index >= 15 is 0 Å². The standard InChI is InChI=1S/C10H11Cl2NO/c1-7-3-2-4-8(5-11)10(7)13-9(14)6-12/h2-4H,5-6H2,1H3,(H,13,14). The van der Waals surface area contributed by atoms with Gasteiger partial charge in [-0.15, -0.1) is 23.2 Å². The van der Waals surface area contributed by atoms with Gasteiger partial charge in [0, 0.05) is 11.6 Å². The van der Waals surface area contributed by atoms with Crippen LogP contribution in [0.3, 0.4) is 0 Å². The Bertz CT molecular complexity index is 339. The first kappa shape index (κ1) is 11.3. The zero-order valence-electron chi connectivity index (χ0n) is 7.81. The molecule has 0 heterocycles. The summed E-state index contributed by atoms with van der Waals surface area (Å²) >= 11 is 11.2. The number of carbonyl (C=O) groups excluding carboxylic acids is 1. The van der Waals surface area contributed by atoms with Gasteiger partial charge in [0.15, 0.2) is 0 Å². The maximum Gasteiger partial charge on any atom is 0.239 e. The van der Waals surface area contributed by atoms with Crippen molar-refractivity contribution in [3.63, 3.8) is 0 Å². The fourth-order valence-corrected chi connectivity index (χ4v) is 1.48. The highest BCUT2D eigenvalue weighted by molar-refractivity contribution is 6.29. The molecule has 0 radical (unpaired) electrons. The second-order valence-corrected chi connectivity index (χ2v) is 3.46. The lowest BCUT2D eigenvalue weighted by atomic mass is 10.1. The summed E-state index contributed by atoms with van der Waals surface area (Å²) in [5.41, 5.74) is 2.67. The molecule has 2 nitrogen and oxygen atoms in total. The number of nitrogens with one attached hydrogen (secondary N) is 1. The van der Waals surface area contributed by atoms with Crippen LogP contribution in [-0.2, 0) is 10.7 Å². The smallest absolute Gasteiger partial charge is 0.239 e. The van der Waals surface area contributed by atoms with Gasteiger partial charge >= 0.3 is 0 Å². The Balaban J connectivity index is 2.98. The second-order valence-electron chi connectivity index (χ2n) is 2.92. The minimum Gasteiger partial charge on any atom is -0.325 e. The molecule has 0 saturated heterocycles. The number of aryl methyl sites for hydroxylation is 1. The van der Waals surface area contributed by atoms with Gasteiger partial charge in [0.2, 0.25) is 5.91 Å². The fraction of sp³-hybridized carbons (Fsp3) is 0.300. The SMILES string of the molecule is Cc1cccc(CCl)c1NC(=O)CCl. The number of carbonyl (C=O) groups is 1. The molecule has 0 bridgehead atoms. The maximum atomic E-state index is 11.1. The van der Waals surface area contributed by atoms with Crippen molar-refractivity contribution in [2.24, 2.45) is 0 Å². The zero-order chi connectivity index (χ0) is 10.6. The summed E-state index contributed by atoms with van der Waals surface area (Å²) in [5, 5.41) is 2.72. The van der Waals surface area contributed by atoms with Gasteiger partial charge in [-0.2, -0.15) is 0 Å². The molecule has 0 saturated carbocycles. The summed E-state index contributed by atoms with van der Waals surface area (Å²) in [5.74, 6) is 0.114. The molecule has 76 valence electrons. The number of halogens is 2. The van der Waals surface area contributed by atoms with Gasteiger partial charge in [-0.1, -0.05) is 18.2 Å². The van der Waals surface area contributed by atoms with E-state index in [0.717, 1.165) is 16.8 Å². The second kappa shape index (κ2) is 5.23. The molecule has 1 amide bonds. The van der Waals surface area contributed by atoms with Crippen molar-refractivity contribution in [2.45, 2.75) is 12.8 Å². The van der Waals surface area contributed by atoms with E-state index in [0.29, 0.717) is 5.88 Å². The van der Waals surface area contributed by atoms with E-state index in [1.165, 1.54) is 0 Å². The van der Waals surface area contributed by atoms with Crippen LogP contribution in [0.5, 0.6) is 0 Å². The van der Waals surface area contributed by atoms with Crippen molar-refractivity contribution in [1.82, 2.24) is 0 Å². The van der Waals surface area contributed by atoms with E-state index in [4.69, 9.17) is 23.2 Å². The van der Waals surface area contributed by atoms with Crippen molar-refractivity contribution in [2.75, 3.05) is 11.2 Å². The molecule has 1 N–H and O–H groups in total. The number of hydrogen-bond donors (Lipinski definition) is 1. The molecule has 0 aliphatic carbocycles. The summed E-state index contributed by atoms with van der Waals surface area (Å²) in [7, 11) is 0. The van der Waals surface area contributed by atoms with E-state index < -0.39 is 0 Å². The summed E-state index contributed by atoms with van der Waals surface area (Å²) in [4.78, 5) is 11.1. The summed E-state index contributed by atoms with van der Waals surface area (Å²) in [6.45, 7) is 1.92. The minimum atomic E-state index is -0.215. The van der Waals surface area contributed by atoms with Gasteiger partial charge in [0.05, 0.1) is 0 Å². The van der Waals surface area contributed by atoms with Crippen molar-refractivity contribution in [3.8, 4) is 0 Å². The first-order valence-corrected chi connectivity index (χ1v) is 5.26. The highest BCUT2D eigenvalue weighted by Crippen LogP contribution is 2.22. The first-order valence-electron chi connectivity index (χ1n) is 4.19. The van der Waals surface area contributed by atoms with Crippen LogP contribution < -0.4 is 5.32 Å². The number of hydrogen-bond acceptors (Lipinski definition) is 1. The van der Waals surface area contributed by atoms with Crippen molar-refractivity contribution >= 4 is 34.8 Å². The number of benzene rings is 1. The molecule has 0 fully saturated rings. The van der Waals surface area contributed by atoms with Crippen LogP contribution in [0.1, 0.15) is 11.1 Å². The van der Waals surface area contributed by atoms with Crippen LogP contribution in [0, 0.1) is 6.92 Å². The normalized spacial score (nSPS) is 9.93. The van der Waals surface area contributed by atoms with Crippen LogP contribution in [0.15, 0.2) is 18.2 Å². The maximum absolute atomic E-state index is 11.1. The van der Waals surface area contributed by atoms with E-state index in [2.05, 4.69) is 5.32 Å². The Labute approximate surface area is 93.2 Å². The molecular formula is C10H11Cl2NO. The largest absolute Gasteiger partial charge is 0.325 e. The lowest BCUT2D eigenvalue weighted by molar-refractivity contribution is -0.113. The van der Waals surface area contributed by atoms with Gasteiger partial charge < -0.3 is 5.32 Å². The molecule has 1 aromatic carbocycles. The van der Waals surface area contributed by atoms with Crippen LogP contribution in [0.25, 0.3) is 0 Å². The number of alkyl halides is 2. The minimum absolute atomic E-state index is 0.0456.